The Kier molecular flexibility index (Phi) is 8.13. The Morgan fingerprint density at radius 2 is 1.89 bits per heavy atom. The van der Waals surface area contributed by atoms with Crippen molar-refractivity contribution in [2.24, 2.45) is 11.8 Å². The van der Waals surface area contributed by atoms with Crippen LogP contribution in [0.15, 0.2) is 34.9 Å². The van der Waals surface area contributed by atoms with Crippen LogP contribution in [-0.4, -0.2) is 50.0 Å². The fourth-order valence-corrected chi connectivity index (χ4v) is 8.06. The van der Waals surface area contributed by atoms with Gasteiger partial charge in [0.05, 0.1) is 12.7 Å². The number of carbonyl (C=O) groups is 1. The summed E-state index contributed by atoms with van der Waals surface area (Å²) >= 11 is 6.65. The molecule has 196 valence electrons. The van der Waals surface area contributed by atoms with Gasteiger partial charge < -0.3 is 9.16 Å². The fourth-order valence-electron chi connectivity index (χ4n) is 6.67. The van der Waals surface area contributed by atoms with Crippen molar-refractivity contribution in [2.75, 3.05) is 13.2 Å². The molecule has 2 bridgehead atoms. The normalized spacial score (nSPS) is 37.7. The first-order valence-corrected chi connectivity index (χ1v) is 17.1. The lowest BCUT2D eigenvalue weighted by Gasteiger charge is -2.55. The average Bonchev–Trinajstić information content (AvgIpc) is 3.19. The number of nitrogens with zero attached hydrogens (tertiary/aromatic N) is 1. The van der Waals surface area contributed by atoms with Gasteiger partial charge in [0.1, 0.15) is 0 Å². The highest BCUT2D eigenvalue weighted by molar-refractivity contribution is 6.74. The molecule has 0 aromatic rings. The lowest BCUT2D eigenvalue weighted by Crippen LogP contribution is -2.61. The third-order valence-electron chi connectivity index (χ3n) is 9.61. The zero-order valence-corrected chi connectivity index (χ0v) is 24.5. The SMILES string of the molecule is C[C@H]1/C=C/C(O[Si](C)(C)C(C)(C)C)/C=C(\Cl)CCOC(=O)C2=CC[C@H]3CCC[C@]4(CCC[C@H]14)N3C2. The minimum absolute atomic E-state index is 0.115. The van der Waals surface area contributed by atoms with Crippen LogP contribution in [0.4, 0.5) is 0 Å². The van der Waals surface area contributed by atoms with Gasteiger partial charge in [0.15, 0.2) is 8.32 Å². The number of rotatable bonds is 2. The quantitative estimate of drug-likeness (QED) is 0.217. The molecule has 1 aliphatic carbocycles. The van der Waals surface area contributed by atoms with Crippen molar-refractivity contribution in [3.63, 3.8) is 0 Å². The highest BCUT2D eigenvalue weighted by atomic mass is 35.5. The molecule has 3 heterocycles. The van der Waals surface area contributed by atoms with Crippen molar-refractivity contribution in [3.8, 4) is 0 Å². The van der Waals surface area contributed by atoms with Gasteiger partial charge in [0.2, 0.25) is 0 Å². The van der Waals surface area contributed by atoms with E-state index in [0.717, 1.165) is 18.5 Å². The van der Waals surface area contributed by atoms with Crippen LogP contribution in [0.25, 0.3) is 0 Å². The summed E-state index contributed by atoms with van der Waals surface area (Å²) in [5.74, 6) is 0.869. The third kappa shape index (κ3) is 5.68. The molecule has 4 rings (SSSR count). The number of allylic oxidation sites excluding steroid dienone is 1. The summed E-state index contributed by atoms with van der Waals surface area (Å²) in [6.07, 6.45) is 17.7. The Hall–Kier alpha value is -0.883. The Morgan fingerprint density at radius 1 is 1.17 bits per heavy atom. The summed E-state index contributed by atoms with van der Waals surface area (Å²) in [5, 5.41) is 0.811. The van der Waals surface area contributed by atoms with E-state index < -0.39 is 8.32 Å². The monoisotopic (exact) mass is 519 g/mol. The molecule has 1 unspecified atom stereocenters. The van der Waals surface area contributed by atoms with E-state index in [-0.39, 0.29) is 22.7 Å². The molecule has 2 fully saturated rings. The van der Waals surface area contributed by atoms with Crippen LogP contribution in [0.5, 0.6) is 0 Å². The fraction of sp³-hybridized carbons (Fsp3) is 0.759. The second kappa shape index (κ2) is 10.5. The zero-order valence-electron chi connectivity index (χ0n) is 22.7. The molecule has 0 N–H and O–H groups in total. The molecule has 0 aromatic carbocycles. The van der Waals surface area contributed by atoms with Crippen molar-refractivity contribution >= 4 is 25.9 Å². The summed E-state index contributed by atoms with van der Waals surface area (Å²) in [5.41, 5.74) is 1.03. The summed E-state index contributed by atoms with van der Waals surface area (Å²) in [4.78, 5) is 15.7. The highest BCUT2D eigenvalue weighted by Gasteiger charge is 2.53. The molecular formula is C29H46ClNO3Si. The molecule has 3 aliphatic heterocycles. The van der Waals surface area contributed by atoms with E-state index in [1.807, 2.05) is 6.08 Å². The molecular weight excluding hydrogens is 474 g/mol. The summed E-state index contributed by atoms with van der Waals surface area (Å²) in [6, 6.07) is 0.554. The maximum atomic E-state index is 13.0. The van der Waals surface area contributed by atoms with Crippen molar-refractivity contribution in [1.82, 2.24) is 4.90 Å². The second-order valence-corrected chi connectivity index (χ2v) is 18.1. The number of fused-ring (bicyclic) bond motifs is 1. The van der Waals surface area contributed by atoms with Crippen molar-refractivity contribution < 1.29 is 14.0 Å². The highest BCUT2D eigenvalue weighted by Crippen LogP contribution is 2.52. The number of halogens is 1. The molecule has 0 radical (unpaired) electrons. The maximum Gasteiger partial charge on any atom is 0.335 e. The number of hydrogen-bond acceptors (Lipinski definition) is 4. The summed E-state index contributed by atoms with van der Waals surface area (Å²) in [7, 11) is -1.99. The molecule has 1 saturated carbocycles. The molecule has 35 heavy (non-hydrogen) atoms. The molecule has 4 aliphatic rings. The van der Waals surface area contributed by atoms with Gasteiger partial charge in [-0.1, -0.05) is 70.4 Å². The van der Waals surface area contributed by atoms with E-state index >= 15 is 0 Å². The molecule has 0 aromatic heterocycles. The predicted molar refractivity (Wildman–Crippen MR) is 147 cm³/mol. The zero-order chi connectivity index (χ0) is 25.4. The van der Waals surface area contributed by atoms with Gasteiger partial charge in [0.25, 0.3) is 0 Å². The largest absolute Gasteiger partial charge is 0.462 e. The minimum Gasteiger partial charge on any atom is -0.462 e. The van der Waals surface area contributed by atoms with Gasteiger partial charge in [-0.2, -0.15) is 0 Å². The van der Waals surface area contributed by atoms with Crippen LogP contribution >= 0.6 is 11.6 Å². The van der Waals surface area contributed by atoms with Crippen LogP contribution in [-0.2, 0) is 14.0 Å². The van der Waals surface area contributed by atoms with Crippen LogP contribution < -0.4 is 0 Å². The van der Waals surface area contributed by atoms with Gasteiger partial charge in [0, 0.05) is 35.2 Å². The van der Waals surface area contributed by atoms with Crippen LogP contribution in [0.1, 0.15) is 79.1 Å². The lowest BCUT2D eigenvalue weighted by atomic mass is 9.70. The predicted octanol–water partition coefficient (Wildman–Crippen LogP) is 7.36. The number of cyclic esters (lactones) is 1. The summed E-state index contributed by atoms with van der Waals surface area (Å²) in [6.45, 7) is 14.8. The van der Waals surface area contributed by atoms with Crippen molar-refractivity contribution in [3.05, 3.63) is 34.9 Å². The maximum absolute atomic E-state index is 13.0. The van der Waals surface area contributed by atoms with E-state index in [4.69, 9.17) is 20.8 Å². The number of carbonyl (C=O) groups excluding carboxylic acids is 1. The first-order valence-electron chi connectivity index (χ1n) is 13.8. The average molecular weight is 520 g/mol. The number of esters is 1. The Labute approximate surface area is 219 Å². The molecule has 6 heteroatoms. The van der Waals surface area contributed by atoms with Gasteiger partial charge in [-0.25, -0.2) is 4.79 Å². The van der Waals surface area contributed by atoms with Gasteiger partial charge >= 0.3 is 5.97 Å². The first kappa shape index (κ1) is 27.2. The van der Waals surface area contributed by atoms with Crippen LogP contribution in [0.3, 0.4) is 0 Å². The van der Waals surface area contributed by atoms with Crippen molar-refractivity contribution in [2.45, 2.75) is 115 Å². The van der Waals surface area contributed by atoms with Crippen LogP contribution in [0.2, 0.25) is 18.1 Å². The van der Waals surface area contributed by atoms with Crippen LogP contribution in [0, 0.1) is 11.8 Å². The van der Waals surface area contributed by atoms with E-state index in [2.05, 4.69) is 63.9 Å². The van der Waals surface area contributed by atoms with Gasteiger partial charge in [-0.3, -0.25) is 4.90 Å². The molecule has 1 spiro atoms. The number of hydrogen-bond donors (Lipinski definition) is 0. The lowest BCUT2D eigenvalue weighted by molar-refractivity contribution is -0.140. The molecule has 4 nitrogen and oxygen atoms in total. The first-order chi connectivity index (χ1) is 16.4. The third-order valence-corrected chi connectivity index (χ3v) is 14.4. The molecule has 1 saturated heterocycles. The Bertz CT molecular complexity index is 889. The Balaban J connectivity index is 1.68. The standard InChI is InChI=1S/C29H46ClNO3Si/c1-21-11-14-25(34-35(5,6)28(2,3)4)19-23(30)15-18-33-27(32)22-12-13-24-9-7-16-29(31(24)20-22)17-8-10-26(21)29/h11-12,14,19,21,24-26H,7-10,13,15-18,20H2,1-6H3/b14-11+,23-19-/t21-,24+,25?,26+,29+/m0/s1. The molecule has 0 amide bonds. The van der Waals surface area contributed by atoms with E-state index in [1.165, 1.54) is 38.5 Å². The second-order valence-electron chi connectivity index (χ2n) is 12.8. The van der Waals surface area contributed by atoms with E-state index in [1.54, 1.807) is 0 Å². The van der Waals surface area contributed by atoms with Gasteiger partial charge in [-0.05, 0) is 68.1 Å². The number of ether oxygens (including phenoxy) is 1. The minimum atomic E-state index is -1.99. The Morgan fingerprint density at radius 3 is 2.60 bits per heavy atom. The van der Waals surface area contributed by atoms with E-state index in [0.29, 0.717) is 35.9 Å². The smallest absolute Gasteiger partial charge is 0.335 e. The van der Waals surface area contributed by atoms with Gasteiger partial charge in [-0.15, -0.1) is 0 Å². The number of piperidine rings is 1. The van der Waals surface area contributed by atoms with Crippen molar-refractivity contribution in [1.29, 1.82) is 0 Å². The summed E-state index contributed by atoms with van der Waals surface area (Å²) < 4.78 is 12.5. The van der Waals surface area contributed by atoms with E-state index in [9.17, 15) is 4.79 Å². The molecule has 5 atom stereocenters. The topological polar surface area (TPSA) is 38.8 Å².